The van der Waals surface area contributed by atoms with Crippen LogP contribution in [-0.4, -0.2) is 19.7 Å². The molecule has 22 heavy (non-hydrogen) atoms. The second-order valence-corrected chi connectivity index (χ2v) is 8.16. The Morgan fingerprint density at radius 1 is 0.864 bits per heavy atom. The topological polar surface area (TPSA) is 70.0 Å². The highest BCUT2D eigenvalue weighted by Crippen LogP contribution is 2.29. The lowest BCUT2D eigenvalue weighted by molar-refractivity contribution is 0.470. The summed E-state index contributed by atoms with van der Waals surface area (Å²) in [5.41, 5.74) is 0. The van der Waals surface area contributed by atoms with Gasteiger partial charge in [0, 0.05) is 6.54 Å². The van der Waals surface area contributed by atoms with Crippen LogP contribution in [-0.2, 0) is 10.0 Å². The summed E-state index contributed by atoms with van der Waals surface area (Å²) in [6.45, 7) is 6.32. The fourth-order valence-electron chi connectivity index (χ4n) is 2.72. The van der Waals surface area contributed by atoms with E-state index in [1.54, 1.807) is 6.92 Å². The molecule has 130 valence electrons. The van der Waals surface area contributed by atoms with E-state index < -0.39 is 14.8 Å². The Hall–Kier alpha value is -0.600. The van der Waals surface area contributed by atoms with Crippen molar-refractivity contribution in [2.75, 3.05) is 6.54 Å². The Kier molecular flexibility index (Phi) is 11.6. The highest BCUT2D eigenvalue weighted by Gasteiger charge is 2.42. The average molecular weight is 331 g/mol. The van der Waals surface area contributed by atoms with Crippen molar-refractivity contribution >= 4 is 10.0 Å². The van der Waals surface area contributed by atoms with Crippen molar-refractivity contribution in [3.8, 4) is 6.07 Å². The van der Waals surface area contributed by atoms with Gasteiger partial charge in [-0.25, -0.2) is 13.1 Å². The highest BCUT2D eigenvalue weighted by atomic mass is 32.2. The molecule has 0 radical (unpaired) electrons. The lowest BCUT2D eigenvalue weighted by atomic mass is 9.95. The van der Waals surface area contributed by atoms with E-state index in [2.05, 4.69) is 17.7 Å². The average Bonchev–Trinajstić information content (AvgIpc) is 2.49. The van der Waals surface area contributed by atoms with Crippen molar-refractivity contribution in [2.45, 2.75) is 96.1 Å². The molecule has 1 N–H and O–H groups in total. The van der Waals surface area contributed by atoms with E-state index in [-0.39, 0.29) is 0 Å². The molecule has 0 bridgehead atoms. The molecule has 1 unspecified atom stereocenters. The molecule has 0 fully saturated rings. The Morgan fingerprint density at radius 2 is 1.36 bits per heavy atom. The normalized spacial score (nSPS) is 14.5. The predicted octanol–water partition coefficient (Wildman–Crippen LogP) is 4.52. The fraction of sp³-hybridized carbons (Fsp3) is 0.941. The Labute approximate surface area is 137 Å². The predicted molar refractivity (Wildman–Crippen MR) is 93.1 cm³/mol. The van der Waals surface area contributed by atoms with E-state index in [4.69, 9.17) is 0 Å². The minimum atomic E-state index is -3.57. The van der Waals surface area contributed by atoms with Crippen LogP contribution >= 0.6 is 0 Å². The number of unbranched alkanes of at least 4 members (excludes halogenated alkanes) is 7. The SMILES string of the molecule is CCCCCCCCCC(C#N)(CCCC)S(=O)(=O)NCC. The van der Waals surface area contributed by atoms with Gasteiger partial charge in [0.1, 0.15) is 0 Å². The van der Waals surface area contributed by atoms with Crippen molar-refractivity contribution in [3.63, 3.8) is 0 Å². The van der Waals surface area contributed by atoms with Gasteiger partial charge in [-0.3, -0.25) is 0 Å². The summed E-state index contributed by atoms with van der Waals surface area (Å²) < 4.78 is 26.2. The summed E-state index contributed by atoms with van der Waals surface area (Å²) in [7, 11) is -3.57. The summed E-state index contributed by atoms with van der Waals surface area (Å²) in [5, 5.41) is 9.57. The van der Waals surface area contributed by atoms with Crippen LogP contribution in [0.5, 0.6) is 0 Å². The minimum absolute atomic E-state index is 0.342. The number of sulfonamides is 1. The molecule has 0 aromatic rings. The molecule has 0 aliphatic rings. The molecular weight excluding hydrogens is 296 g/mol. The molecule has 0 amide bonds. The van der Waals surface area contributed by atoms with Crippen LogP contribution in [0.15, 0.2) is 0 Å². The van der Waals surface area contributed by atoms with Crippen molar-refractivity contribution in [2.24, 2.45) is 0 Å². The van der Waals surface area contributed by atoms with Crippen molar-refractivity contribution in [3.05, 3.63) is 0 Å². The Bertz CT molecular complexity index is 415. The van der Waals surface area contributed by atoms with Gasteiger partial charge < -0.3 is 0 Å². The first-order chi connectivity index (χ1) is 10.5. The maximum absolute atomic E-state index is 12.5. The molecule has 0 aromatic heterocycles. The zero-order valence-electron chi connectivity index (χ0n) is 14.7. The van der Waals surface area contributed by atoms with Gasteiger partial charge >= 0.3 is 0 Å². The summed E-state index contributed by atoms with van der Waals surface area (Å²) in [4.78, 5) is 0. The molecular formula is C17H34N2O2S. The molecule has 4 nitrogen and oxygen atoms in total. The van der Waals surface area contributed by atoms with Gasteiger partial charge in [0.05, 0.1) is 6.07 Å². The number of hydrogen-bond donors (Lipinski definition) is 1. The van der Waals surface area contributed by atoms with Gasteiger partial charge in [0.15, 0.2) is 4.75 Å². The number of nitrogens with one attached hydrogen (secondary N) is 1. The van der Waals surface area contributed by atoms with E-state index in [0.29, 0.717) is 19.4 Å². The number of rotatable bonds is 14. The van der Waals surface area contributed by atoms with E-state index in [1.807, 2.05) is 6.92 Å². The van der Waals surface area contributed by atoms with Gasteiger partial charge in [0.25, 0.3) is 0 Å². The first-order valence-electron chi connectivity index (χ1n) is 8.90. The third-order valence-electron chi connectivity index (χ3n) is 4.17. The molecule has 1 atom stereocenters. The van der Waals surface area contributed by atoms with E-state index in [1.165, 1.54) is 25.7 Å². The van der Waals surface area contributed by atoms with E-state index in [0.717, 1.165) is 32.1 Å². The smallest absolute Gasteiger partial charge is 0.214 e. The second kappa shape index (κ2) is 11.9. The lowest BCUT2D eigenvalue weighted by Gasteiger charge is -2.26. The van der Waals surface area contributed by atoms with Crippen LogP contribution in [0.1, 0.15) is 91.4 Å². The van der Waals surface area contributed by atoms with Crippen molar-refractivity contribution < 1.29 is 8.42 Å². The fourth-order valence-corrected chi connectivity index (χ4v) is 4.33. The van der Waals surface area contributed by atoms with Crippen LogP contribution in [0.2, 0.25) is 0 Å². The molecule has 0 aliphatic heterocycles. The highest BCUT2D eigenvalue weighted by molar-refractivity contribution is 7.91. The van der Waals surface area contributed by atoms with Crippen LogP contribution in [0.25, 0.3) is 0 Å². The summed E-state index contributed by atoms with van der Waals surface area (Å²) >= 11 is 0. The zero-order valence-corrected chi connectivity index (χ0v) is 15.5. The van der Waals surface area contributed by atoms with Gasteiger partial charge in [-0.05, 0) is 12.8 Å². The molecule has 0 heterocycles. The molecule has 0 saturated heterocycles. The van der Waals surface area contributed by atoms with Crippen molar-refractivity contribution in [1.29, 1.82) is 5.26 Å². The first kappa shape index (κ1) is 21.4. The number of hydrogen-bond acceptors (Lipinski definition) is 3. The van der Waals surface area contributed by atoms with E-state index >= 15 is 0 Å². The van der Waals surface area contributed by atoms with Crippen LogP contribution in [0, 0.1) is 11.3 Å². The first-order valence-corrected chi connectivity index (χ1v) is 10.4. The van der Waals surface area contributed by atoms with E-state index in [9.17, 15) is 13.7 Å². The minimum Gasteiger partial charge on any atom is -0.214 e. The van der Waals surface area contributed by atoms with Crippen LogP contribution in [0.4, 0.5) is 0 Å². The zero-order chi connectivity index (χ0) is 16.9. The second-order valence-electron chi connectivity index (χ2n) is 6.08. The third-order valence-corrected chi connectivity index (χ3v) is 6.37. The number of nitrogens with zero attached hydrogens (tertiary/aromatic N) is 1. The maximum atomic E-state index is 12.5. The Morgan fingerprint density at radius 3 is 1.86 bits per heavy atom. The maximum Gasteiger partial charge on any atom is 0.230 e. The molecule has 5 heteroatoms. The molecule has 0 spiro atoms. The molecule has 0 aromatic carbocycles. The monoisotopic (exact) mass is 330 g/mol. The van der Waals surface area contributed by atoms with Gasteiger partial charge in [-0.2, -0.15) is 5.26 Å². The van der Waals surface area contributed by atoms with Crippen LogP contribution in [0.3, 0.4) is 0 Å². The van der Waals surface area contributed by atoms with Gasteiger partial charge in [-0.1, -0.05) is 78.6 Å². The summed E-state index contributed by atoms with van der Waals surface area (Å²) in [5.74, 6) is 0. The molecule has 0 aliphatic carbocycles. The van der Waals surface area contributed by atoms with Gasteiger partial charge in [0.2, 0.25) is 10.0 Å². The lowest BCUT2D eigenvalue weighted by Crippen LogP contribution is -2.45. The number of nitriles is 1. The summed E-state index contributed by atoms with van der Waals surface area (Å²) in [6.07, 6.45) is 10.5. The third kappa shape index (κ3) is 7.11. The largest absolute Gasteiger partial charge is 0.230 e. The summed E-state index contributed by atoms with van der Waals surface area (Å²) in [6, 6.07) is 2.14. The molecule has 0 saturated carbocycles. The van der Waals surface area contributed by atoms with Crippen LogP contribution < -0.4 is 4.72 Å². The molecule has 0 rings (SSSR count). The van der Waals surface area contributed by atoms with Crippen molar-refractivity contribution in [1.82, 2.24) is 4.72 Å². The van der Waals surface area contributed by atoms with Gasteiger partial charge in [-0.15, -0.1) is 0 Å². The quantitative estimate of drug-likeness (QED) is 0.476. The standard InChI is InChI=1S/C17H34N2O2S/c1-4-7-9-10-11-12-13-15-17(16-18,14-8-5-2)22(20,21)19-6-3/h19H,4-15H2,1-3H3. The Balaban J connectivity index is 4.58.